The average molecular weight is 296 g/mol. The molecule has 1 amide bonds. The Morgan fingerprint density at radius 2 is 2.14 bits per heavy atom. The number of fused-ring (bicyclic) bond motifs is 2. The topological polar surface area (TPSA) is 32.3 Å². The van der Waals surface area contributed by atoms with Crippen LogP contribution in [-0.2, 0) is 4.79 Å². The molecule has 0 aromatic heterocycles. The number of allylic oxidation sites excluding steroid dienone is 5. The molecule has 3 rings (SSSR count). The van der Waals surface area contributed by atoms with E-state index in [2.05, 4.69) is 5.32 Å². The second kappa shape index (κ2) is 4.87. The predicted octanol–water partition coefficient (Wildman–Crippen LogP) is 2.31. The van der Waals surface area contributed by atoms with Gasteiger partial charge in [0.25, 0.3) is 0 Å². The number of nitrogens with one attached hydrogen (secondary N) is 1. The van der Waals surface area contributed by atoms with E-state index in [0.29, 0.717) is 36.5 Å². The summed E-state index contributed by atoms with van der Waals surface area (Å²) in [4.78, 5) is 13.9. The smallest absolute Gasteiger partial charge is 0.312 e. The van der Waals surface area contributed by atoms with Crippen molar-refractivity contribution < 1.29 is 18.0 Å². The third kappa shape index (κ3) is 2.23. The van der Waals surface area contributed by atoms with Crippen molar-refractivity contribution in [2.24, 2.45) is 5.92 Å². The minimum atomic E-state index is -4.50. The molecule has 0 saturated carbocycles. The minimum absolute atomic E-state index is 0.423. The minimum Gasteiger partial charge on any atom is -0.312 e. The number of amides is 1. The first-order valence-corrected chi connectivity index (χ1v) is 6.82. The first kappa shape index (κ1) is 14.1. The van der Waals surface area contributed by atoms with Crippen molar-refractivity contribution in [3.8, 4) is 0 Å². The Morgan fingerprint density at radius 3 is 2.81 bits per heavy atom. The van der Waals surface area contributed by atoms with Crippen LogP contribution in [0.2, 0.25) is 0 Å². The highest BCUT2D eigenvalue weighted by molar-refractivity contribution is 5.92. The van der Waals surface area contributed by atoms with Crippen molar-refractivity contribution in [2.45, 2.75) is 13.1 Å². The highest BCUT2D eigenvalue weighted by Crippen LogP contribution is 2.45. The Labute approximate surface area is 120 Å². The summed E-state index contributed by atoms with van der Waals surface area (Å²) >= 11 is 0. The Bertz CT molecular complexity index is 611. The second-order valence-corrected chi connectivity index (χ2v) is 5.24. The van der Waals surface area contributed by atoms with Crippen molar-refractivity contribution in [2.75, 3.05) is 19.6 Å². The van der Waals surface area contributed by atoms with Gasteiger partial charge >= 0.3 is 6.18 Å². The number of piperazine rings is 1. The summed E-state index contributed by atoms with van der Waals surface area (Å²) in [6.07, 6.45) is 1.59. The zero-order valence-corrected chi connectivity index (χ0v) is 11.5. The van der Waals surface area contributed by atoms with Crippen molar-refractivity contribution in [3.63, 3.8) is 0 Å². The molecule has 1 unspecified atom stereocenters. The molecule has 3 nitrogen and oxygen atoms in total. The number of nitrogens with zero attached hydrogens (tertiary/aromatic N) is 1. The van der Waals surface area contributed by atoms with Gasteiger partial charge in [-0.3, -0.25) is 4.79 Å². The Morgan fingerprint density at radius 1 is 1.38 bits per heavy atom. The third-order valence-corrected chi connectivity index (χ3v) is 3.93. The van der Waals surface area contributed by atoms with Gasteiger partial charge in [-0.2, -0.15) is 13.2 Å². The zero-order chi connectivity index (χ0) is 15.2. The van der Waals surface area contributed by atoms with E-state index in [-0.39, 0.29) is 0 Å². The fourth-order valence-electron chi connectivity index (χ4n) is 3.07. The molecule has 0 aromatic carbocycles. The summed E-state index contributed by atoms with van der Waals surface area (Å²) < 4.78 is 39.9. The average Bonchev–Trinajstić information content (AvgIpc) is 2.72. The molecule has 0 spiro atoms. The van der Waals surface area contributed by atoms with E-state index < -0.39 is 23.6 Å². The van der Waals surface area contributed by atoms with Crippen LogP contribution in [-0.4, -0.2) is 36.6 Å². The highest BCUT2D eigenvalue weighted by atomic mass is 19.4. The number of rotatable bonds is 1. The van der Waals surface area contributed by atoms with Gasteiger partial charge in [-0.25, -0.2) is 0 Å². The zero-order valence-electron chi connectivity index (χ0n) is 11.5. The molecule has 1 atom stereocenters. The molecule has 21 heavy (non-hydrogen) atoms. The molecule has 0 aromatic rings. The van der Waals surface area contributed by atoms with Gasteiger partial charge in [-0.05, 0) is 30.2 Å². The number of hydrogen-bond acceptors (Lipinski definition) is 2. The summed E-state index contributed by atoms with van der Waals surface area (Å²) in [7, 11) is 0. The fourth-order valence-corrected chi connectivity index (χ4v) is 3.07. The highest BCUT2D eigenvalue weighted by Gasteiger charge is 2.50. The molecule has 1 fully saturated rings. The third-order valence-electron chi connectivity index (χ3n) is 3.93. The lowest BCUT2D eigenvalue weighted by molar-refractivity contribution is -0.135. The Kier molecular flexibility index (Phi) is 3.28. The lowest BCUT2D eigenvalue weighted by Crippen LogP contribution is -2.43. The number of carbonyl (C=O) groups excluding carboxylic acids is 1. The SMILES string of the molecule is CC=CC1=CC2=C3CNCCN3C(=O)C2C(C(F)(F)F)=C1. The van der Waals surface area contributed by atoms with Crippen molar-refractivity contribution in [3.05, 3.63) is 46.7 Å². The maximum absolute atomic E-state index is 13.3. The van der Waals surface area contributed by atoms with Crippen LogP contribution in [0.1, 0.15) is 6.92 Å². The van der Waals surface area contributed by atoms with Crippen LogP contribution in [0, 0.1) is 5.92 Å². The number of halogens is 3. The Hall–Kier alpha value is -1.82. The second-order valence-electron chi connectivity index (χ2n) is 5.24. The van der Waals surface area contributed by atoms with Gasteiger partial charge in [-0.15, -0.1) is 0 Å². The molecule has 1 saturated heterocycles. The van der Waals surface area contributed by atoms with Crippen LogP contribution in [0.4, 0.5) is 13.2 Å². The molecule has 6 heteroatoms. The summed E-state index contributed by atoms with van der Waals surface area (Å²) in [5.41, 5.74) is 0.868. The number of hydrogen-bond donors (Lipinski definition) is 1. The van der Waals surface area contributed by atoms with Crippen LogP contribution in [0.5, 0.6) is 0 Å². The van der Waals surface area contributed by atoms with Gasteiger partial charge in [0.15, 0.2) is 0 Å². The van der Waals surface area contributed by atoms with Crippen molar-refractivity contribution >= 4 is 5.91 Å². The molecule has 1 N–H and O–H groups in total. The van der Waals surface area contributed by atoms with Crippen molar-refractivity contribution in [1.82, 2.24) is 10.2 Å². The molecule has 2 heterocycles. The molecule has 0 bridgehead atoms. The molecule has 112 valence electrons. The molecular weight excluding hydrogens is 281 g/mol. The Balaban J connectivity index is 2.15. The first-order chi connectivity index (χ1) is 9.93. The van der Waals surface area contributed by atoms with Crippen LogP contribution in [0.25, 0.3) is 0 Å². The van der Waals surface area contributed by atoms with E-state index in [1.807, 2.05) is 0 Å². The molecule has 1 aliphatic carbocycles. The van der Waals surface area contributed by atoms with Crippen LogP contribution < -0.4 is 5.32 Å². The standard InChI is InChI=1S/C15H15F3N2O/c1-2-3-9-6-10-12-8-19-4-5-20(12)14(21)13(10)11(7-9)15(16,17)18/h2-3,6-7,13,19H,4-5,8H2,1H3. The lowest BCUT2D eigenvalue weighted by atomic mass is 9.84. The normalized spacial score (nSPS) is 26.0. The molecular formula is C15H15F3N2O. The van der Waals surface area contributed by atoms with Gasteiger partial charge in [0, 0.05) is 25.3 Å². The van der Waals surface area contributed by atoms with Crippen LogP contribution >= 0.6 is 0 Å². The first-order valence-electron chi connectivity index (χ1n) is 6.82. The van der Waals surface area contributed by atoms with Gasteiger partial charge in [0.05, 0.1) is 11.5 Å². The number of carbonyl (C=O) groups is 1. The molecule has 3 aliphatic rings. The molecule has 0 radical (unpaired) electrons. The van der Waals surface area contributed by atoms with Gasteiger partial charge in [0.1, 0.15) is 0 Å². The van der Waals surface area contributed by atoms with E-state index in [4.69, 9.17) is 0 Å². The summed E-state index contributed by atoms with van der Waals surface area (Å²) in [6.45, 7) is 3.21. The lowest BCUT2D eigenvalue weighted by Gasteiger charge is -2.26. The largest absolute Gasteiger partial charge is 0.413 e. The van der Waals surface area contributed by atoms with Gasteiger partial charge in [0.2, 0.25) is 5.91 Å². The summed E-state index contributed by atoms with van der Waals surface area (Å²) in [6, 6.07) is 0. The van der Waals surface area contributed by atoms with Gasteiger partial charge in [-0.1, -0.05) is 12.2 Å². The quantitative estimate of drug-likeness (QED) is 0.805. The van der Waals surface area contributed by atoms with Crippen LogP contribution in [0.3, 0.4) is 0 Å². The predicted molar refractivity (Wildman–Crippen MR) is 72.1 cm³/mol. The van der Waals surface area contributed by atoms with E-state index in [9.17, 15) is 18.0 Å². The van der Waals surface area contributed by atoms with E-state index >= 15 is 0 Å². The monoisotopic (exact) mass is 296 g/mol. The van der Waals surface area contributed by atoms with E-state index in [1.165, 1.54) is 4.90 Å². The van der Waals surface area contributed by atoms with E-state index in [1.54, 1.807) is 25.2 Å². The van der Waals surface area contributed by atoms with Gasteiger partial charge < -0.3 is 10.2 Å². The maximum Gasteiger partial charge on any atom is 0.413 e. The number of alkyl halides is 3. The summed E-state index contributed by atoms with van der Waals surface area (Å²) in [5, 5.41) is 3.11. The fraction of sp³-hybridized carbons (Fsp3) is 0.400. The van der Waals surface area contributed by atoms with Crippen LogP contribution in [0.15, 0.2) is 46.7 Å². The maximum atomic E-state index is 13.3. The van der Waals surface area contributed by atoms with E-state index in [0.717, 1.165) is 6.08 Å². The molecule has 2 aliphatic heterocycles. The van der Waals surface area contributed by atoms with Crippen molar-refractivity contribution in [1.29, 1.82) is 0 Å². The summed E-state index contributed by atoms with van der Waals surface area (Å²) in [5.74, 6) is -1.66.